The first kappa shape index (κ1) is 20.7. The highest BCUT2D eigenvalue weighted by Crippen LogP contribution is 2.46. The van der Waals surface area contributed by atoms with E-state index >= 15 is 0 Å². The highest BCUT2D eigenvalue weighted by molar-refractivity contribution is 7.94. The van der Waals surface area contributed by atoms with Crippen molar-refractivity contribution in [3.63, 3.8) is 0 Å². The van der Waals surface area contributed by atoms with E-state index in [1.54, 1.807) is 12.1 Å². The molecule has 0 spiro atoms. The maximum Gasteiger partial charge on any atom is 0.124 e. The molecule has 27 heavy (non-hydrogen) atoms. The molecule has 1 unspecified atom stereocenters. The van der Waals surface area contributed by atoms with Crippen LogP contribution in [0.1, 0.15) is 32.1 Å². The average molecular weight is 426 g/mol. The first-order chi connectivity index (χ1) is 13.0. The molecule has 1 fully saturated rings. The Morgan fingerprint density at radius 1 is 1.00 bits per heavy atom. The van der Waals surface area contributed by atoms with Gasteiger partial charge in [-0.25, -0.2) is 8.42 Å². The second kappa shape index (κ2) is 9.47. The molecule has 0 heterocycles. The molecule has 1 saturated carbocycles. The van der Waals surface area contributed by atoms with Crippen LogP contribution in [-0.4, -0.2) is 18.6 Å². The van der Waals surface area contributed by atoms with Crippen molar-refractivity contribution < 1.29 is 27.6 Å². The molecule has 146 valence electrons. The van der Waals surface area contributed by atoms with Crippen LogP contribution >= 0.6 is 20.0 Å². The number of hydrogen-bond donors (Lipinski definition) is 0. The number of hydrogen-bond acceptors (Lipinski definition) is 7. The van der Waals surface area contributed by atoms with Gasteiger partial charge in [-0.3, -0.25) is 5.04 Å². The van der Waals surface area contributed by atoms with Crippen LogP contribution in [0, 0.1) is 0 Å². The van der Waals surface area contributed by atoms with E-state index in [9.17, 15) is 18.2 Å². The monoisotopic (exact) mass is 426 g/mol. The van der Waals surface area contributed by atoms with Crippen LogP contribution in [0.4, 0.5) is 0 Å². The molecule has 0 radical (unpaired) electrons. The van der Waals surface area contributed by atoms with E-state index in [1.807, 2.05) is 24.3 Å². The molecule has 2 aromatic carbocycles. The normalized spacial score (nSPS) is 17.0. The predicted molar refractivity (Wildman–Crippen MR) is 102 cm³/mol. The fourth-order valence-corrected chi connectivity index (χ4v) is 7.62. The van der Waals surface area contributed by atoms with Gasteiger partial charge in [0.1, 0.15) is 10.1 Å². The van der Waals surface area contributed by atoms with Crippen molar-refractivity contribution in [3.05, 3.63) is 48.5 Å². The summed E-state index contributed by atoms with van der Waals surface area (Å²) in [6.45, 7) is 0. The highest BCUT2D eigenvalue weighted by Gasteiger charge is 2.27. The molecule has 0 amide bonds. The van der Waals surface area contributed by atoms with Gasteiger partial charge in [0.05, 0.1) is 16.9 Å². The summed E-state index contributed by atoms with van der Waals surface area (Å²) in [5, 5.41) is 15.4. The second-order valence-corrected chi connectivity index (χ2v) is 11.0. The highest BCUT2D eigenvalue weighted by atomic mass is 32.2. The standard InChI is InChI=1S/C18H21O6PS2/c19-23-24-26-17-10-4-8-15(12-17)25(14-6-2-1-3-7-14)16-9-5-11-18(13-16)27(20,21)22/h4-5,8-14,19H,1-3,6-7H2,(H,20,21,22)/p-2. The lowest BCUT2D eigenvalue weighted by molar-refractivity contribution is -0.777. The maximum absolute atomic E-state index is 11.5. The fourth-order valence-electron chi connectivity index (χ4n) is 3.44. The first-order valence-corrected chi connectivity index (χ1v) is 12.1. The third kappa shape index (κ3) is 5.51. The number of benzene rings is 2. The summed E-state index contributed by atoms with van der Waals surface area (Å²) < 4.78 is 38.9. The topological polar surface area (TPSA) is 98.7 Å². The Bertz CT molecular complexity index is 868. The Hall–Kier alpha value is -0.990. The van der Waals surface area contributed by atoms with E-state index in [4.69, 9.17) is 0 Å². The zero-order chi connectivity index (χ0) is 19.3. The summed E-state index contributed by atoms with van der Waals surface area (Å²) in [6, 6.07) is 14.0. The quantitative estimate of drug-likeness (QED) is 0.221. The fraction of sp³-hybridized carbons (Fsp3) is 0.333. The first-order valence-electron chi connectivity index (χ1n) is 8.57. The summed E-state index contributed by atoms with van der Waals surface area (Å²) in [5.74, 6) is 0. The van der Waals surface area contributed by atoms with Crippen LogP contribution in [0.3, 0.4) is 0 Å². The molecular weight excluding hydrogens is 407 g/mol. The van der Waals surface area contributed by atoms with E-state index in [0.29, 0.717) is 5.66 Å². The third-order valence-corrected chi connectivity index (χ3v) is 8.90. The summed E-state index contributed by atoms with van der Waals surface area (Å²) in [4.78, 5) is 0.524. The molecule has 0 aromatic heterocycles. The van der Waals surface area contributed by atoms with Gasteiger partial charge in [0.15, 0.2) is 0 Å². The molecule has 0 saturated heterocycles. The molecular formula is C18H19O6PS2-2. The van der Waals surface area contributed by atoms with Crippen molar-refractivity contribution in [1.82, 2.24) is 0 Å². The molecule has 1 aliphatic rings. The van der Waals surface area contributed by atoms with Gasteiger partial charge in [0.25, 0.3) is 0 Å². The largest absolute Gasteiger partial charge is 0.744 e. The van der Waals surface area contributed by atoms with Gasteiger partial charge in [-0.15, -0.1) is 0 Å². The smallest absolute Gasteiger partial charge is 0.124 e. The van der Waals surface area contributed by atoms with Gasteiger partial charge < -0.3 is 9.81 Å². The van der Waals surface area contributed by atoms with Crippen LogP contribution in [-0.2, 0) is 19.5 Å². The lowest BCUT2D eigenvalue weighted by Gasteiger charge is -2.32. The zero-order valence-corrected chi connectivity index (χ0v) is 17.0. The van der Waals surface area contributed by atoms with Crippen molar-refractivity contribution in [2.75, 3.05) is 0 Å². The van der Waals surface area contributed by atoms with Crippen molar-refractivity contribution in [3.8, 4) is 0 Å². The van der Waals surface area contributed by atoms with Crippen LogP contribution in [0.5, 0.6) is 0 Å². The van der Waals surface area contributed by atoms with E-state index < -0.39 is 18.0 Å². The maximum atomic E-state index is 11.5. The third-order valence-electron chi connectivity index (χ3n) is 4.58. The molecule has 2 aromatic rings. The molecule has 0 bridgehead atoms. The van der Waals surface area contributed by atoms with Gasteiger partial charge in [0, 0.05) is 4.90 Å². The average Bonchev–Trinajstić information content (AvgIpc) is 2.67. The van der Waals surface area contributed by atoms with Gasteiger partial charge >= 0.3 is 0 Å². The van der Waals surface area contributed by atoms with Gasteiger partial charge in [-0.2, -0.15) is 4.33 Å². The minimum atomic E-state index is -4.51. The predicted octanol–water partition coefficient (Wildman–Crippen LogP) is 2.59. The van der Waals surface area contributed by atoms with Crippen molar-refractivity contribution in [1.29, 1.82) is 0 Å². The summed E-state index contributed by atoms with van der Waals surface area (Å²) in [7, 11) is -5.36. The van der Waals surface area contributed by atoms with Gasteiger partial charge in [0.2, 0.25) is 0 Å². The summed E-state index contributed by atoms with van der Waals surface area (Å²) in [5.41, 5.74) is 0.412. The van der Waals surface area contributed by atoms with Crippen LogP contribution in [0.2, 0.25) is 0 Å². The Kier molecular flexibility index (Phi) is 7.28. The minimum absolute atomic E-state index is 0.197. The second-order valence-electron chi connectivity index (χ2n) is 6.33. The van der Waals surface area contributed by atoms with Gasteiger partial charge in [-0.05, 0) is 61.3 Å². The summed E-state index contributed by atoms with van der Waals surface area (Å²) >= 11 is 0.831. The molecule has 3 rings (SSSR count). The van der Waals surface area contributed by atoms with E-state index in [0.717, 1.165) is 53.2 Å². The molecule has 1 aliphatic carbocycles. The number of rotatable bonds is 7. The molecule has 0 N–H and O–H groups in total. The van der Waals surface area contributed by atoms with Crippen LogP contribution in [0.25, 0.3) is 0 Å². The molecule has 6 nitrogen and oxygen atoms in total. The zero-order valence-electron chi connectivity index (χ0n) is 14.4. The van der Waals surface area contributed by atoms with E-state index in [1.165, 1.54) is 18.6 Å². The Morgan fingerprint density at radius 2 is 1.67 bits per heavy atom. The SMILES string of the molecule is O=S(=O)([O-])c1cccc(P(c2cccc(SOO[O-])c2)C2CCCCC2)c1. The van der Waals surface area contributed by atoms with Crippen LogP contribution in [0.15, 0.2) is 58.3 Å². The Balaban J connectivity index is 2.02. The van der Waals surface area contributed by atoms with Crippen molar-refractivity contribution >= 4 is 40.7 Å². The Morgan fingerprint density at radius 3 is 2.33 bits per heavy atom. The van der Waals surface area contributed by atoms with Crippen molar-refractivity contribution in [2.24, 2.45) is 0 Å². The van der Waals surface area contributed by atoms with E-state index in [2.05, 4.69) is 9.37 Å². The lowest BCUT2D eigenvalue weighted by atomic mass is 10.0. The van der Waals surface area contributed by atoms with Gasteiger partial charge in [-0.1, -0.05) is 43.5 Å². The van der Waals surface area contributed by atoms with Crippen LogP contribution < -0.4 is 15.9 Å². The van der Waals surface area contributed by atoms with Crippen molar-refractivity contribution in [2.45, 2.75) is 47.6 Å². The molecule has 1 atom stereocenters. The summed E-state index contributed by atoms with van der Waals surface area (Å²) in [6.07, 6.45) is 5.63. The Labute approximate surface area is 164 Å². The van der Waals surface area contributed by atoms with E-state index in [-0.39, 0.29) is 4.90 Å². The minimum Gasteiger partial charge on any atom is -0.744 e. The lowest BCUT2D eigenvalue weighted by Crippen LogP contribution is -2.24. The molecule has 0 aliphatic heterocycles. The molecule has 9 heteroatoms.